The van der Waals surface area contributed by atoms with E-state index >= 15 is 0 Å². The number of benzene rings is 2. The lowest BCUT2D eigenvalue weighted by Crippen LogP contribution is -2.07. The molecule has 2 aromatic carbocycles. The first kappa shape index (κ1) is 13.4. The Morgan fingerprint density at radius 3 is 2.57 bits per heavy atom. The number of phenols is 1. The highest BCUT2D eigenvalue weighted by Crippen LogP contribution is 2.29. The topological polar surface area (TPSA) is 46.5 Å². The van der Waals surface area contributed by atoms with Crippen molar-refractivity contribution in [1.82, 2.24) is 0 Å². The van der Waals surface area contributed by atoms with E-state index in [0.29, 0.717) is 17.7 Å². The lowest BCUT2D eigenvalue weighted by Gasteiger charge is -2.08. The number of cyclic esters (lactones) is 1. The molecule has 0 aliphatic carbocycles. The number of para-hydroxylation sites is 1. The first-order chi connectivity index (χ1) is 10.2. The molecule has 0 amide bonds. The molecule has 1 atom stereocenters. The van der Waals surface area contributed by atoms with Gasteiger partial charge in [-0.25, -0.2) is 4.79 Å². The van der Waals surface area contributed by atoms with Crippen LogP contribution in [0.5, 0.6) is 5.75 Å². The molecule has 0 unspecified atom stereocenters. The smallest absolute Gasteiger partial charge is 0.334 e. The third kappa shape index (κ3) is 2.97. The van der Waals surface area contributed by atoms with Crippen LogP contribution in [0.25, 0.3) is 6.08 Å². The summed E-state index contributed by atoms with van der Waals surface area (Å²) in [5.41, 5.74) is 2.44. The van der Waals surface area contributed by atoms with Crippen LogP contribution >= 0.6 is 0 Å². The Morgan fingerprint density at radius 1 is 1.10 bits per heavy atom. The van der Waals surface area contributed by atoms with Gasteiger partial charge in [0.15, 0.2) is 0 Å². The van der Waals surface area contributed by atoms with Crippen LogP contribution in [0.1, 0.15) is 11.1 Å². The second-order valence-electron chi connectivity index (χ2n) is 5.14. The zero-order valence-electron chi connectivity index (χ0n) is 11.5. The van der Waals surface area contributed by atoms with Crippen LogP contribution in [0.4, 0.5) is 0 Å². The maximum atomic E-state index is 11.9. The third-order valence-electron chi connectivity index (χ3n) is 3.66. The van der Waals surface area contributed by atoms with Crippen molar-refractivity contribution >= 4 is 12.0 Å². The summed E-state index contributed by atoms with van der Waals surface area (Å²) in [4.78, 5) is 11.9. The molecule has 3 nitrogen and oxygen atoms in total. The van der Waals surface area contributed by atoms with Gasteiger partial charge in [-0.15, -0.1) is 0 Å². The Morgan fingerprint density at radius 2 is 1.81 bits per heavy atom. The Bertz CT molecular complexity index is 674. The summed E-state index contributed by atoms with van der Waals surface area (Å²) in [6.45, 7) is 0.396. The van der Waals surface area contributed by atoms with E-state index in [0.717, 1.165) is 6.42 Å². The average molecular weight is 280 g/mol. The molecule has 1 saturated heterocycles. The van der Waals surface area contributed by atoms with Gasteiger partial charge in [-0.3, -0.25) is 0 Å². The number of carbonyl (C=O) groups is 1. The Labute approximate surface area is 123 Å². The number of hydrogen-bond acceptors (Lipinski definition) is 3. The lowest BCUT2D eigenvalue weighted by atomic mass is 9.92. The second kappa shape index (κ2) is 5.83. The van der Waals surface area contributed by atoms with Gasteiger partial charge in [-0.05, 0) is 24.1 Å². The average Bonchev–Trinajstić information content (AvgIpc) is 2.84. The quantitative estimate of drug-likeness (QED) is 0.693. The van der Waals surface area contributed by atoms with E-state index in [4.69, 9.17) is 4.74 Å². The first-order valence-electron chi connectivity index (χ1n) is 6.94. The number of aromatic hydroxyl groups is 1. The highest BCUT2D eigenvalue weighted by molar-refractivity contribution is 5.96. The fourth-order valence-corrected chi connectivity index (χ4v) is 2.54. The molecular formula is C18H16O3. The summed E-state index contributed by atoms with van der Waals surface area (Å²) >= 11 is 0. The molecule has 21 heavy (non-hydrogen) atoms. The summed E-state index contributed by atoms with van der Waals surface area (Å²) in [7, 11) is 0. The number of esters is 1. The van der Waals surface area contributed by atoms with E-state index in [1.807, 2.05) is 36.4 Å². The van der Waals surface area contributed by atoms with Gasteiger partial charge in [0.2, 0.25) is 0 Å². The molecule has 1 N–H and O–H groups in total. The molecule has 1 aliphatic rings. The molecule has 0 spiro atoms. The third-order valence-corrected chi connectivity index (χ3v) is 3.66. The molecule has 1 fully saturated rings. The highest BCUT2D eigenvalue weighted by atomic mass is 16.5. The molecule has 3 rings (SSSR count). The van der Waals surface area contributed by atoms with E-state index in [2.05, 4.69) is 0 Å². The zero-order valence-corrected chi connectivity index (χ0v) is 11.5. The van der Waals surface area contributed by atoms with E-state index in [1.165, 1.54) is 5.56 Å². The number of phenolic OH excluding ortho intramolecular Hbond substituents is 1. The molecule has 0 bridgehead atoms. The first-order valence-corrected chi connectivity index (χ1v) is 6.94. The maximum absolute atomic E-state index is 11.9. The van der Waals surface area contributed by atoms with Gasteiger partial charge in [0.25, 0.3) is 0 Å². The van der Waals surface area contributed by atoms with Crippen LogP contribution in [0.15, 0.2) is 60.2 Å². The van der Waals surface area contributed by atoms with Crippen molar-refractivity contribution in [2.24, 2.45) is 5.92 Å². The minimum absolute atomic E-state index is 0.0273. The second-order valence-corrected chi connectivity index (χ2v) is 5.14. The van der Waals surface area contributed by atoms with Crippen molar-refractivity contribution in [1.29, 1.82) is 0 Å². The minimum Gasteiger partial charge on any atom is -0.507 e. The van der Waals surface area contributed by atoms with E-state index < -0.39 is 0 Å². The standard InChI is InChI=1S/C18H16O3/c19-17-9-5-4-8-14(17)11-16-15(12-21-18(16)20)10-13-6-2-1-3-7-13/h1-9,11,15,19H,10,12H2/b16-11-/t15-/m0/s1. The van der Waals surface area contributed by atoms with Crippen molar-refractivity contribution < 1.29 is 14.6 Å². The molecule has 0 aromatic heterocycles. The van der Waals surface area contributed by atoms with Crippen molar-refractivity contribution in [2.75, 3.05) is 6.61 Å². The van der Waals surface area contributed by atoms with Gasteiger partial charge in [-0.2, -0.15) is 0 Å². The zero-order chi connectivity index (χ0) is 14.7. The van der Waals surface area contributed by atoms with Crippen LogP contribution in [0.2, 0.25) is 0 Å². The normalized spacial score (nSPS) is 19.7. The largest absolute Gasteiger partial charge is 0.507 e. The van der Waals surface area contributed by atoms with Crippen LogP contribution in [-0.2, 0) is 16.0 Å². The van der Waals surface area contributed by atoms with E-state index in [9.17, 15) is 9.90 Å². The predicted molar refractivity (Wildman–Crippen MR) is 80.7 cm³/mol. The monoisotopic (exact) mass is 280 g/mol. The summed E-state index contributed by atoms with van der Waals surface area (Å²) in [6, 6.07) is 17.0. The number of rotatable bonds is 3. The number of carbonyl (C=O) groups excluding carboxylic acids is 1. The molecule has 0 radical (unpaired) electrons. The van der Waals surface area contributed by atoms with Gasteiger partial charge < -0.3 is 9.84 Å². The van der Waals surface area contributed by atoms with Crippen molar-refractivity contribution in [3.8, 4) is 5.75 Å². The van der Waals surface area contributed by atoms with Crippen LogP contribution in [-0.4, -0.2) is 17.7 Å². The summed E-state index contributed by atoms with van der Waals surface area (Å²) in [5.74, 6) is -0.0955. The van der Waals surface area contributed by atoms with Gasteiger partial charge in [-0.1, -0.05) is 48.5 Å². The van der Waals surface area contributed by atoms with E-state index in [-0.39, 0.29) is 17.6 Å². The van der Waals surface area contributed by atoms with Crippen molar-refractivity contribution in [3.05, 3.63) is 71.3 Å². The fraction of sp³-hybridized carbons (Fsp3) is 0.167. The molecule has 2 aromatic rings. The Balaban J connectivity index is 1.88. The molecule has 3 heteroatoms. The summed E-state index contributed by atoms with van der Waals surface area (Å²) in [5, 5.41) is 9.84. The summed E-state index contributed by atoms with van der Waals surface area (Å²) < 4.78 is 5.17. The molecular weight excluding hydrogens is 264 g/mol. The SMILES string of the molecule is O=C1OC[C@H](Cc2ccccc2)/C1=C/c1ccccc1O. The fourth-order valence-electron chi connectivity index (χ4n) is 2.54. The van der Waals surface area contributed by atoms with Gasteiger partial charge in [0, 0.05) is 17.1 Å². The molecule has 0 saturated carbocycles. The molecule has 1 aliphatic heterocycles. The Kier molecular flexibility index (Phi) is 3.73. The molecule has 1 heterocycles. The number of ether oxygens (including phenoxy) is 1. The number of hydrogen-bond donors (Lipinski definition) is 1. The lowest BCUT2D eigenvalue weighted by molar-refractivity contribution is -0.135. The highest BCUT2D eigenvalue weighted by Gasteiger charge is 2.30. The summed E-state index contributed by atoms with van der Waals surface area (Å²) in [6.07, 6.45) is 2.49. The van der Waals surface area contributed by atoms with Crippen LogP contribution in [0, 0.1) is 5.92 Å². The predicted octanol–water partition coefficient (Wildman–Crippen LogP) is 3.19. The van der Waals surface area contributed by atoms with Crippen molar-refractivity contribution in [2.45, 2.75) is 6.42 Å². The van der Waals surface area contributed by atoms with Gasteiger partial charge >= 0.3 is 5.97 Å². The van der Waals surface area contributed by atoms with Crippen LogP contribution < -0.4 is 0 Å². The van der Waals surface area contributed by atoms with Crippen LogP contribution in [0.3, 0.4) is 0 Å². The van der Waals surface area contributed by atoms with Gasteiger partial charge in [0.1, 0.15) is 5.75 Å². The Hall–Kier alpha value is -2.55. The maximum Gasteiger partial charge on any atom is 0.334 e. The van der Waals surface area contributed by atoms with Gasteiger partial charge in [0.05, 0.1) is 6.61 Å². The molecule has 106 valence electrons. The van der Waals surface area contributed by atoms with Crippen molar-refractivity contribution in [3.63, 3.8) is 0 Å². The van der Waals surface area contributed by atoms with E-state index in [1.54, 1.807) is 24.3 Å². The minimum atomic E-state index is -0.292.